The molecule has 6 heteroatoms. The molecule has 1 aliphatic carbocycles. The highest BCUT2D eigenvalue weighted by Crippen LogP contribution is 2.35. The number of hydrogen-bond acceptors (Lipinski definition) is 6. The summed E-state index contributed by atoms with van der Waals surface area (Å²) in [6, 6.07) is 12.6. The molecule has 128 valence electrons. The molecular formula is C19H22N6. The van der Waals surface area contributed by atoms with Crippen molar-refractivity contribution in [2.24, 2.45) is 5.73 Å². The highest BCUT2D eigenvalue weighted by atomic mass is 15.2. The summed E-state index contributed by atoms with van der Waals surface area (Å²) in [4.78, 5) is 15.4. The van der Waals surface area contributed by atoms with E-state index in [4.69, 9.17) is 11.5 Å². The van der Waals surface area contributed by atoms with Crippen LogP contribution in [0.2, 0.25) is 0 Å². The first kappa shape index (κ1) is 15.8. The van der Waals surface area contributed by atoms with Gasteiger partial charge in [-0.15, -0.1) is 0 Å². The van der Waals surface area contributed by atoms with Crippen LogP contribution >= 0.6 is 0 Å². The molecule has 0 atom stereocenters. The first-order valence-electron chi connectivity index (χ1n) is 8.53. The van der Waals surface area contributed by atoms with E-state index in [1.165, 1.54) is 0 Å². The van der Waals surface area contributed by atoms with Gasteiger partial charge in [-0.25, -0.2) is 4.98 Å². The molecule has 0 amide bonds. The van der Waals surface area contributed by atoms with E-state index in [0.717, 1.165) is 40.8 Å². The van der Waals surface area contributed by atoms with Crippen LogP contribution in [-0.4, -0.2) is 28.0 Å². The first-order valence-corrected chi connectivity index (χ1v) is 8.53. The van der Waals surface area contributed by atoms with E-state index in [1.807, 2.05) is 37.5 Å². The topological polar surface area (TPSA) is 94.0 Å². The minimum atomic E-state index is 0.283. The van der Waals surface area contributed by atoms with E-state index in [-0.39, 0.29) is 6.04 Å². The molecule has 3 aromatic rings. The summed E-state index contributed by atoms with van der Waals surface area (Å²) < 4.78 is 0. The van der Waals surface area contributed by atoms with E-state index >= 15 is 0 Å². The van der Waals surface area contributed by atoms with Gasteiger partial charge in [0.2, 0.25) is 5.95 Å². The van der Waals surface area contributed by atoms with Gasteiger partial charge in [-0.3, -0.25) is 4.98 Å². The molecule has 4 N–H and O–H groups in total. The molecule has 0 bridgehead atoms. The van der Waals surface area contributed by atoms with Crippen molar-refractivity contribution in [1.29, 1.82) is 0 Å². The third-order valence-electron chi connectivity index (χ3n) is 4.80. The zero-order valence-electron chi connectivity index (χ0n) is 14.3. The minimum absolute atomic E-state index is 0.283. The average Bonchev–Trinajstić information content (AvgIpc) is 2.58. The van der Waals surface area contributed by atoms with E-state index < -0.39 is 0 Å². The molecule has 2 aromatic heterocycles. The molecule has 4 rings (SSSR count). The molecule has 0 saturated heterocycles. The van der Waals surface area contributed by atoms with E-state index in [9.17, 15) is 0 Å². The number of anilines is 2. The first-order chi connectivity index (χ1) is 12.1. The number of nitrogen functional groups attached to an aromatic ring is 1. The van der Waals surface area contributed by atoms with Crippen LogP contribution in [0.1, 0.15) is 30.0 Å². The molecule has 1 fully saturated rings. The minimum Gasteiger partial charge on any atom is -0.368 e. The Balaban J connectivity index is 1.56. The van der Waals surface area contributed by atoms with Gasteiger partial charge in [-0.2, -0.15) is 4.98 Å². The summed E-state index contributed by atoms with van der Waals surface area (Å²) in [5, 5.41) is 1.14. The fourth-order valence-electron chi connectivity index (χ4n) is 3.34. The third-order valence-corrected chi connectivity index (χ3v) is 4.80. The highest BCUT2D eigenvalue weighted by molar-refractivity contribution is 5.78. The second-order valence-electron chi connectivity index (χ2n) is 6.83. The number of aromatic nitrogens is 3. The highest BCUT2D eigenvalue weighted by Gasteiger charge is 2.29. The number of rotatable bonds is 4. The molecular weight excluding hydrogens is 312 g/mol. The maximum Gasteiger partial charge on any atom is 0.222 e. The van der Waals surface area contributed by atoms with Crippen molar-refractivity contribution in [2.75, 3.05) is 17.7 Å². The van der Waals surface area contributed by atoms with Crippen LogP contribution in [0.25, 0.3) is 10.9 Å². The Morgan fingerprint density at radius 3 is 2.76 bits per heavy atom. The van der Waals surface area contributed by atoms with Gasteiger partial charge in [0.1, 0.15) is 5.82 Å². The summed E-state index contributed by atoms with van der Waals surface area (Å²) in [6.07, 6.45) is 3.84. The van der Waals surface area contributed by atoms with Crippen LogP contribution in [-0.2, 0) is 6.54 Å². The Hall–Kier alpha value is -2.73. The Morgan fingerprint density at radius 2 is 1.96 bits per heavy atom. The largest absolute Gasteiger partial charge is 0.368 e. The van der Waals surface area contributed by atoms with Crippen molar-refractivity contribution in [3.8, 4) is 0 Å². The van der Waals surface area contributed by atoms with Crippen molar-refractivity contribution in [2.45, 2.75) is 31.3 Å². The molecule has 2 heterocycles. The molecule has 0 spiro atoms. The molecule has 1 saturated carbocycles. The number of para-hydroxylation sites is 1. The van der Waals surface area contributed by atoms with Gasteiger partial charge in [0.05, 0.1) is 11.2 Å². The lowest BCUT2D eigenvalue weighted by Gasteiger charge is -2.32. The second kappa shape index (κ2) is 6.29. The monoisotopic (exact) mass is 334 g/mol. The summed E-state index contributed by atoms with van der Waals surface area (Å²) in [5.74, 6) is 1.54. The van der Waals surface area contributed by atoms with Crippen LogP contribution in [0.15, 0.2) is 42.6 Å². The van der Waals surface area contributed by atoms with Crippen molar-refractivity contribution in [3.05, 3.63) is 53.9 Å². The van der Waals surface area contributed by atoms with Crippen LogP contribution in [0.5, 0.6) is 0 Å². The number of hydrogen-bond donors (Lipinski definition) is 2. The summed E-state index contributed by atoms with van der Waals surface area (Å²) in [5.41, 5.74) is 14.9. The van der Waals surface area contributed by atoms with Gasteiger partial charge >= 0.3 is 0 Å². The maximum absolute atomic E-state index is 5.92. The van der Waals surface area contributed by atoms with Crippen molar-refractivity contribution >= 4 is 22.7 Å². The fraction of sp³-hybridized carbons (Fsp3) is 0.316. The fourth-order valence-corrected chi connectivity index (χ4v) is 3.34. The van der Waals surface area contributed by atoms with Crippen LogP contribution in [0.4, 0.5) is 11.8 Å². The summed E-state index contributed by atoms with van der Waals surface area (Å²) in [7, 11) is 2.01. The molecule has 0 aliphatic heterocycles. The lowest BCUT2D eigenvalue weighted by molar-refractivity contribution is 0.345. The van der Waals surface area contributed by atoms with Crippen LogP contribution in [0.3, 0.4) is 0 Å². The van der Waals surface area contributed by atoms with Crippen molar-refractivity contribution in [3.63, 3.8) is 0 Å². The predicted molar refractivity (Wildman–Crippen MR) is 100 cm³/mol. The Kier molecular flexibility index (Phi) is 3.97. The van der Waals surface area contributed by atoms with E-state index in [1.54, 1.807) is 0 Å². The Bertz CT molecular complexity index is 903. The van der Waals surface area contributed by atoms with E-state index in [2.05, 4.69) is 32.0 Å². The van der Waals surface area contributed by atoms with Gasteiger partial charge in [0.25, 0.3) is 0 Å². The molecule has 1 aliphatic rings. The standard InChI is InChI=1S/C19H22N6/c1-25(11-12-6-13-4-2-3-5-16(13)22-10-12)18-9-17(23-19(21)24-18)14-7-15(20)8-14/h2-6,9-10,14-15H,7-8,11,20H2,1H3,(H2,21,23,24). The normalized spacial score (nSPS) is 19.6. The van der Waals surface area contributed by atoms with Crippen LogP contribution < -0.4 is 16.4 Å². The zero-order valence-corrected chi connectivity index (χ0v) is 14.3. The molecule has 6 nitrogen and oxygen atoms in total. The maximum atomic E-state index is 5.92. The Morgan fingerprint density at radius 1 is 1.16 bits per heavy atom. The number of pyridine rings is 1. The molecule has 25 heavy (non-hydrogen) atoms. The third kappa shape index (κ3) is 3.25. The smallest absolute Gasteiger partial charge is 0.222 e. The van der Waals surface area contributed by atoms with Gasteiger partial charge < -0.3 is 16.4 Å². The van der Waals surface area contributed by atoms with Crippen molar-refractivity contribution in [1.82, 2.24) is 15.0 Å². The second-order valence-corrected chi connectivity index (χ2v) is 6.83. The lowest BCUT2D eigenvalue weighted by Crippen LogP contribution is -2.35. The molecule has 0 unspecified atom stereocenters. The summed E-state index contributed by atoms with van der Waals surface area (Å²) >= 11 is 0. The van der Waals surface area contributed by atoms with Gasteiger partial charge in [-0.1, -0.05) is 18.2 Å². The quantitative estimate of drug-likeness (QED) is 0.761. The van der Waals surface area contributed by atoms with Gasteiger partial charge in [-0.05, 0) is 30.5 Å². The van der Waals surface area contributed by atoms with Crippen molar-refractivity contribution < 1.29 is 0 Å². The SMILES string of the molecule is CN(Cc1cnc2ccccc2c1)c1cc(C2CC(N)C2)nc(N)n1. The lowest BCUT2D eigenvalue weighted by atomic mass is 9.78. The number of nitrogens with zero attached hydrogens (tertiary/aromatic N) is 4. The van der Waals surface area contributed by atoms with Gasteiger partial charge in [0, 0.05) is 43.2 Å². The zero-order chi connectivity index (χ0) is 17.4. The molecule has 1 aromatic carbocycles. The van der Waals surface area contributed by atoms with Gasteiger partial charge in [0.15, 0.2) is 0 Å². The number of benzene rings is 1. The average molecular weight is 334 g/mol. The predicted octanol–water partition coefficient (Wildman–Crippen LogP) is 2.45. The summed E-state index contributed by atoms with van der Waals surface area (Å²) in [6.45, 7) is 0.706. The van der Waals surface area contributed by atoms with Crippen LogP contribution in [0, 0.1) is 0 Å². The number of fused-ring (bicyclic) bond motifs is 1. The van der Waals surface area contributed by atoms with E-state index in [0.29, 0.717) is 18.4 Å². The number of nitrogens with two attached hydrogens (primary N) is 2. The Labute approximate surface area is 146 Å². The molecule has 0 radical (unpaired) electrons.